The summed E-state index contributed by atoms with van der Waals surface area (Å²) in [6.45, 7) is 6.66. The lowest BCUT2D eigenvalue weighted by Gasteiger charge is -2.51. The molecule has 1 saturated carbocycles. The summed E-state index contributed by atoms with van der Waals surface area (Å²) >= 11 is 0. The van der Waals surface area contributed by atoms with Gasteiger partial charge in [-0.05, 0) is 55.0 Å². The first-order chi connectivity index (χ1) is 16.6. The summed E-state index contributed by atoms with van der Waals surface area (Å²) in [4.78, 5) is 29.7. The smallest absolute Gasteiger partial charge is 0.321 e. The molecular weight excluding hydrogens is 446 g/mol. The van der Waals surface area contributed by atoms with Gasteiger partial charge in [0.25, 0.3) is 5.89 Å². The SMILES string of the molecule is CC(C)Cc1ccc(-c2nc(-c3ccc(CN(C)C4CC(C(=O)O)(C(=O)O)C4C)cc3)no2)cc1. The number of aromatic nitrogens is 2. The normalized spacial score (nSPS) is 19.0. The molecule has 35 heavy (non-hydrogen) atoms. The van der Waals surface area contributed by atoms with Gasteiger partial charge in [0.05, 0.1) is 0 Å². The molecule has 0 aliphatic heterocycles. The molecule has 0 saturated heterocycles. The highest BCUT2D eigenvalue weighted by atomic mass is 16.5. The van der Waals surface area contributed by atoms with Crippen molar-refractivity contribution < 1.29 is 24.3 Å². The monoisotopic (exact) mass is 477 g/mol. The molecule has 2 N–H and O–H groups in total. The maximum Gasteiger partial charge on any atom is 0.321 e. The Hall–Kier alpha value is -3.52. The minimum atomic E-state index is -1.70. The van der Waals surface area contributed by atoms with E-state index in [0.717, 1.165) is 23.1 Å². The van der Waals surface area contributed by atoms with Gasteiger partial charge in [0.2, 0.25) is 5.82 Å². The van der Waals surface area contributed by atoms with Crippen molar-refractivity contribution >= 4 is 11.9 Å². The molecule has 0 amide bonds. The molecule has 2 aromatic carbocycles. The Morgan fingerprint density at radius 3 is 2.14 bits per heavy atom. The van der Waals surface area contributed by atoms with E-state index in [4.69, 9.17) is 4.52 Å². The Kier molecular flexibility index (Phi) is 6.76. The van der Waals surface area contributed by atoms with Crippen LogP contribution in [0.5, 0.6) is 0 Å². The van der Waals surface area contributed by atoms with Crippen LogP contribution in [-0.2, 0) is 22.6 Å². The molecule has 0 bridgehead atoms. The van der Waals surface area contributed by atoms with Crippen molar-refractivity contribution in [2.45, 2.75) is 46.2 Å². The fraction of sp³-hybridized carbons (Fsp3) is 0.407. The lowest BCUT2D eigenvalue weighted by Crippen LogP contribution is -2.63. The highest BCUT2D eigenvalue weighted by Crippen LogP contribution is 2.49. The van der Waals surface area contributed by atoms with Gasteiger partial charge in [0.15, 0.2) is 5.41 Å². The topological polar surface area (TPSA) is 117 Å². The van der Waals surface area contributed by atoms with Crippen molar-refractivity contribution in [1.82, 2.24) is 15.0 Å². The number of nitrogens with zero attached hydrogens (tertiary/aromatic N) is 3. The molecule has 2 unspecified atom stereocenters. The number of hydrogen-bond acceptors (Lipinski definition) is 6. The quantitative estimate of drug-likeness (QED) is 0.430. The first-order valence-electron chi connectivity index (χ1n) is 11.8. The summed E-state index contributed by atoms with van der Waals surface area (Å²) in [5, 5.41) is 23.0. The van der Waals surface area contributed by atoms with Gasteiger partial charge in [-0.15, -0.1) is 0 Å². The van der Waals surface area contributed by atoms with E-state index in [-0.39, 0.29) is 12.5 Å². The van der Waals surface area contributed by atoms with Crippen LogP contribution in [-0.4, -0.2) is 50.3 Å². The lowest BCUT2D eigenvalue weighted by atomic mass is 9.57. The van der Waals surface area contributed by atoms with Crippen LogP contribution >= 0.6 is 0 Å². The van der Waals surface area contributed by atoms with Gasteiger partial charge in [-0.3, -0.25) is 14.5 Å². The van der Waals surface area contributed by atoms with Gasteiger partial charge >= 0.3 is 11.9 Å². The van der Waals surface area contributed by atoms with Crippen LogP contribution in [0.25, 0.3) is 22.8 Å². The fourth-order valence-corrected chi connectivity index (χ4v) is 4.93. The molecule has 184 valence electrons. The van der Waals surface area contributed by atoms with Crippen LogP contribution in [0.1, 0.15) is 38.3 Å². The number of carbonyl (C=O) groups is 2. The van der Waals surface area contributed by atoms with E-state index in [9.17, 15) is 19.8 Å². The molecule has 2 atom stereocenters. The van der Waals surface area contributed by atoms with Gasteiger partial charge in [-0.25, -0.2) is 0 Å². The highest BCUT2D eigenvalue weighted by Gasteiger charge is 2.63. The third kappa shape index (κ3) is 4.71. The number of benzene rings is 2. The first-order valence-corrected chi connectivity index (χ1v) is 11.8. The zero-order chi connectivity index (χ0) is 25.3. The van der Waals surface area contributed by atoms with Crippen molar-refractivity contribution in [3.05, 3.63) is 59.7 Å². The van der Waals surface area contributed by atoms with Gasteiger partial charge in [-0.2, -0.15) is 4.98 Å². The summed E-state index contributed by atoms with van der Waals surface area (Å²) in [6, 6.07) is 15.8. The second kappa shape index (κ2) is 9.62. The molecule has 8 heteroatoms. The van der Waals surface area contributed by atoms with E-state index >= 15 is 0 Å². The number of carboxylic acid groups (broad SMARTS) is 2. The first kappa shape index (κ1) is 24.6. The van der Waals surface area contributed by atoms with Crippen LogP contribution in [0.4, 0.5) is 0 Å². The van der Waals surface area contributed by atoms with Gasteiger partial charge in [0.1, 0.15) is 0 Å². The molecule has 4 rings (SSSR count). The summed E-state index contributed by atoms with van der Waals surface area (Å²) in [6.07, 6.45) is 1.12. The van der Waals surface area contributed by atoms with Gasteiger partial charge in [0, 0.05) is 23.7 Å². The van der Waals surface area contributed by atoms with Crippen LogP contribution in [0.3, 0.4) is 0 Å². The number of rotatable bonds is 9. The largest absolute Gasteiger partial charge is 0.480 e. The molecule has 1 aliphatic carbocycles. The van der Waals surface area contributed by atoms with Crippen molar-refractivity contribution in [1.29, 1.82) is 0 Å². The van der Waals surface area contributed by atoms with Gasteiger partial charge < -0.3 is 14.7 Å². The minimum Gasteiger partial charge on any atom is -0.480 e. The van der Waals surface area contributed by atoms with Crippen LogP contribution in [0, 0.1) is 17.3 Å². The van der Waals surface area contributed by atoms with E-state index in [1.165, 1.54) is 5.56 Å². The third-order valence-electron chi connectivity index (χ3n) is 7.13. The fourth-order valence-electron chi connectivity index (χ4n) is 4.93. The summed E-state index contributed by atoms with van der Waals surface area (Å²) in [5.41, 5.74) is 2.31. The van der Waals surface area contributed by atoms with Gasteiger partial charge in [-0.1, -0.05) is 62.3 Å². The lowest BCUT2D eigenvalue weighted by molar-refractivity contribution is -0.186. The van der Waals surface area contributed by atoms with E-state index in [2.05, 4.69) is 36.1 Å². The van der Waals surface area contributed by atoms with Crippen LogP contribution in [0.15, 0.2) is 53.1 Å². The molecule has 1 aliphatic rings. The standard InChI is InChI=1S/C27H31N3O5/c1-16(2)13-18-5-11-21(12-6-18)24-28-23(29-35-24)20-9-7-19(8-10-20)15-30(4)22-14-27(17(22)3,25(31)32)26(33)34/h5-12,16-17,22H,13-15H2,1-4H3,(H,31,32)(H,33,34). The summed E-state index contributed by atoms with van der Waals surface area (Å²) in [5.74, 6) is -1.45. The van der Waals surface area contributed by atoms with Crippen LogP contribution < -0.4 is 0 Å². The van der Waals surface area contributed by atoms with E-state index < -0.39 is 23.3 Å². The molecule has 8 nitrogen and oxygen atoms in total. The van der Waals surface area contributed by atoms with Crippen molar-refractivity contribution in [2.24, 2.45) is 17.3 Å². The third-order valence-corrected chi connectivity index (χ3v) is 7.13. The maximum atomic E-state index is 11.6. The summed E-state index contributed by atoms with van der Waals surface area (Å²) in [7, 11) is 1.89. The zero-order valence-corrected chi connectivity index (χ0v) is 20.4. The van der Waals surface area contributed by atoms with Crippen molar-refractivity contribution in [3.63, 3.8) is 0 Å². The van der Waals surface area contributed by atoms with Crippen molar-refractivity contribution in [3.8, 4) is 22.8 Å². The summed E-state index contributed by atoms with van der Waals surface area (Å²) < 4.78 is 5.48. The molecule has 0 radical (unpaired) electrons. The van der Waals surface area contributed by atoms with E-state index in [0.29, 0.717) is 24.2 Å². The van der Waals surface area contributed by atoms with E-state index in [1.54, 1.807) is 6.92 Å². The maximum absolute atomic E-state index is 11.6. The molecule has 3 aromatic rings. The Morgan fingerprint density at radius 2 is 1.60 bits per heavy atom. The highest BCUT2D eigenvalue weighted by molar-refractivity contribution is 6.00. The number of hydrogen-bond donors (Lipinski definition) is 2. The Labute approximate surface area is 204 Å². The average molecular weight is 478 g/mol. The zero-order valence-electron chi connectivity index (χ0n) is 20.4. The molecule has 1 heterocycles. The number of aliphatic carboxylic acids is 2. The predicted molar refractivity (Wildman–Crippen MR) is 130 cm³/mol. The van der Waals surface area contributed by atoms with Crippen molar-refractivity contribution in [2.75, 3.05) is 7.05 Å². The Balaban J connectivity index is 1.40. The molecule has 1 aromatic heterocycles. The minimum absolute atomic E-state index is 0.0947. The van der Waals surface area contributed by atoms with Crippen LogP contribution in [0.2, 0.25) is 0 Å². The van der Waals surface area contributed by atoms with E-state index in [1.807, 2.05) is 48.3 Å². The number of carboxylic acids is 2. The second-order valence-corrected chi connectivity index (χ2v) is 9.97. The Morgan fingerprint density at radius 1 is 1.03 bits per heavy atom. The average Bonchev–Trinajstić information content (AvgIpc) is 3.28. The Bertz CT molecular complexity index is 1190. The molecular formula is C27H31N3O5. The molecule has 1 fully saturated rings. The second-order valence-electron chi connectivity index (χ2n) is 9.97. The predicted octanol–water partition coefficient (Wildman–Crippen LogP) is 4.60. The molecule has 0 spiro atoms.